The summed E-state index contributed by atoms with van der Waals surface area (Å²) in [6, 6.07) is 21.6. The van der Waals surface area contributed by atoms with Gasteiger partial charge in [0.2, 0.25) is 5.82 Å². The summed E-state index contributed by atoms with van der Waals surface area (Å²) < 4.78 is 9.70. The second kappa shape index (κ2) is 12.2. The Kier molecular flexibility index (Phi) is 7.77. The number of ether oxygens (including phenoxy) is 1. The molecule has 9 heteroatoms. The van der Waals surface area contributed by atoms with Gasteiger partial charge in [-0.05, 0) is 73.9 Å². The van der Waals surface area contributed by atoms with Crippen molar-refractivity contribution in [2.45, 2.75) is 33.2 Å². The number of hydrogen-bond donors (Lipinski definition) is 1. The van der Waals surface area contributed by atoms with Crippen LogP contribution in [-0.4, -0.2) is 58.9 Å². The van der Waals surface area contributed by atoms with E-state index in [1.54, 1.807) is 0 Å². The molecule has 7 rings (SSSR count). The Balaban J connectivity index is 1.18. The molecule has 3 aromatic carbocycles. The number of fused-ring (bicyclic) bond motifs is 2. The minimum atomic E-state index is 0.0236. The van der Waals surface area contributed by atoms with Gasteiger partial charge in [-0.15, -0.1) is 0 Å². The molecule has 45 heavy (non-hydrogen) atoms. The van der Waals surface area contributed by atoms with Crippen LogP contribution in [0, 0.1) is 6.92 Å². The number of nitrogens with one attached hydrogen (secondary N) is 1. The highest BCUT2D eigenvalue weighted by Crippen LogP contribution is 2.34. The molecule has 0 saturated carbocycles. The monoisotopic (exact) mass is 601 g/mol. The van der Waals surface area contributed by atoms with Crippen LogP contribution >= 0.6 is 0 Å². The number of amides is 2. The number of anilines is 3. The van der Waals surface area contributed by atoms with Crippen LogP contribution in [-0.2, 0) is 17.7 Å². The van der Waals surface area contributed by atoms with E-state index in [1.165, 1.54) is 0 Å². The van der Waals surface area contributed by atoms with Crippen LogP contribution < -0.4 is 14.8 Å². The van der Waals surface area contributed by atoms with E-state index in [-0.39, 0.29) is 11.8 Å². The van der Waals surface area contributed by atoms with E-state index in [1.807, 2.05) is 77.4 Å². The van der Waals surface area contributed by atoms with Crippen molar-refractivity contribution in [2.24, 2.45) is 0 Å². The molecule has 0 atom stereocenters. The summed E-state index contributed by atoms with van der Waals surface area (Å²) in [5.41, 5.74) is 8.22. The van der Waals surface area contributed by atoms with Crippen LogP contribution in [0.1, 0.15) is 45.2 Å². The molecule has 4 heterocycles. The fraction of sp³-hybridized carbons (Fsp3) is 0.278. The summed E-state index contributed by atoms with van der Waals surface area (Å²) in [5, 5.41) is 3.53. The molecular formula is C36H37N6O3+. The third-order valence-corrected chi connectivity index (χ3v) is 8.60. The summed E-state index contributed by atoms with van der Waals surface area (Å²) >= 11 is 0. The maximum Gasteiger partial charge on any atom is 0.330 e. The quantitative estimate of drug-likeness (QED) is 0.252. The molecule has 0 unspecified atom stereocenters. The summed E-state index contributed by atoms with van der Waals surface area (Å²) in [7, 11) is 0. The average Bonchev–Trinajstić information content (AvgIpc) is 3.69. The van der Waals surface area contributed by atoms with E-state index in [2.05, 4.69) is 45.9 Å². The Morgan fingerprint density at radius 2 is 1.67 bits per heavy atom. The first-order chi connectivity index (χ1) is 22.0. The third-order valence-electron chi connectivity index (χ3n) is 8.60. The molecule has 2 amide bonds. The zero-order valence-corrected chi connectivity index (χ0v) is 25.7. The van der Waals surface area contributed by atoms with E-state index < -0.39 is 0 Å². The summed E-state index contributed by atoms with van der Waals surface area (Å²) in [5.74, 6) is 0.781. The smallest absolute Gasteiger partial charge is 0.330 e. The largest absolute Gasteiger partial charge is 0.378 e. The molecule has 1 saturated heterocycles. The number of hydrogen-bond acceptors (Lipinski definition) is 5. The van der Waals surface area contributed by atoms with Crippen LogP contribution in [0.15, 0.2) is 85.3 Å². The molecule has 0 bridgehead atoms. The van der Waals surface area contributed by atoms with Crippen LogP contribution in [0.4, 0.5) is 17.2 Å². The highest BCUT2D eigenvalue weighted by atomic mass is 16.5. The molecule has 0 aliphatic carbocycles. The number of nitrogens with zero attached hydrogens (tertiary/aromatic N) is 5. The van der Waals surface area contributed by atoms with Crippen LogP contribution in [0.25, 0.3) is 16.9 Å². The zero-order valence-electron chi connectivity index (χ0n) is 25.7. The first-order valence-corrected chi connectivity index (χ1v) is 15.7. The topological polar surface area (TPSA) is 83.1 Å². The molecule has 5 aromatic rings. The molecule has 2 aromatic heterocycles. The van der Waals surface area contributed by atoms with Crippen molar-refractivity contribution in [3.05, 3.63) is 108 Å². The van der Waals surface area contributed by atoms with Gasteiger partial charge in [-0.2, -0.15) is 4.40 Å². The maximum atomic E-state index is 13.3. The Morgan fingerprint density at radius 1 is 0.933 bits per heavy atom. The highest BCUT2D eigenvalue weighted by Gasteiger charge is 2.27. The van der Waals surface area contributed by atoms with E-state index in [9.17, 15) is 9.59 Å². The lowest BCUT2D eigenvalue weighted by Gasteiger charge is -2.26. The summed E-state index contributed by atoms with van der Waals surface area (Å²) in [4.78, 5) is 35.1. The molecule has 0 radical (unpaired) electrons. The number of carbonyl (C=O) groups is 2. The molecule has 2 aliphatic heterocycles. The first kappa shape index (κ1) is 28.7. The third kappa shape index (κ3) is 5.67. The van der Waals surface area contributed by atoms with Gasteiger partial charge in [-0.25, -0.2) is 9.55 Å². The van der Waals surface area contributed by atoms with Gasteiger partial charge < -0.3 is 19.9 Å². The lowest BCUT2D eigenvalue weighted by atomic mass is 10.1. The molecule has 1 N–H and O–H groups in total. The molecule has 1 fully saturated rings. The van der Waals surface area contributed by atoms with Gasteiger partial charge >= 0.3 is 5.65 Å². The number of carbonyl (C=O) groups excluding carboxylic acids is 2. The van der Waals surface area contributed by atoms with Gasteiger partial charge in [0.1, 0.15) is 24.3 Å². The van der Waals surface area contributed by atoms with E-state index in [4.69, 9.17) is 9.72 Å². The van der Waals surface area contributed by atoms with E-state index in [0.717, 1.165) is 64.6 Å². The average molecular weight is 602 g/mol. The zero-order chi connectivity index (χ0) is 30.9. The second-order valence-electron chi connectivity index (χ2n) is 11.7. The van der Waals surface area contributed by atoms with Crippen molar-refractivity contribution in [2.75, 3.05) is 43.1 Å². The van der Waals surface area contributed by atoms with Crippen LogP contribution in [0.2, 0.25) is 0 Å². The molecule has 228 valence electrons. The molecule has 2 aliphatic rings. The standard InChI is InChI=1S/C36H36N6O3/c1-3-15-39-17-18-41-24-31(28-10-13-32-29(23-28)14-16-42(32)36(44)27-6-4-25(2)5-7-27)38-33(34(39)41)37-30-11-8-26(9-12-30)35(43)40-19-21-45-22-20-40/h4-13,17-18,23-24H,3,14-16,19-22H2,1-2H3/p+1. The summed E-state index contributed by atoms with van der Waals surface area (Å²) in [6.45, 7) is 8.08. The Morgan fingerprint density at radius 3 is 2.42 bits per heavy atom. The van der Waals surface area contributed by atoms with Crippen molar-refractivity contribution in [3.8, 4) is 11.3 Å². The molecule has 9 nitrogen and oxygen atoms in total. The Labute approximate surface area is 262 Å². The van der Waals surface area contributed by atoms with Gasteiger partial charge in [0.15, 0.2) is 0 Å². The normalized spacial score (nSPS) is 14.5. The van der Waals surface area contributed by atoms with Crippen molar-refractivity contribution >= 4 is 34.7 Å². The van der Waals surface area contributed by atoms with Gasteiger partial charge in [0.05, 0.1) is 19.8 Å². The van der Waals surface area contributed by atoms with Crippen LogP contribution in [0.5, 0.6) is 0 Å². The number of aryl methyl sites for hydroxylation is 2. The van der Waals surface area contributed by atoms with E-state index >= 15 is 0 Å². The molecular weight excluding hydrogens is 564 g/mol. The van der Waals surface area contributed by atoms with Gasteiger partial charge in [0.25, 0.3) is 11.8 Å². The Bertz CT molecular complexity index is 1870. The fourth-order valence-corrected chi connectivity index (χ4v) is 6.19. The number of aromatic nitrogens is 3. The first-order valence-electron chi connectivity index (χ1n) is 15.7. The van der Waals surface area contributed by atoms with Crippen LogP contribution in [0.3, 0.4) is 0 Å². The number of rotatable bonds is 7. The number of imidazole rings is 1. The number of morpholine rings is 1. The summed E-state index contributed by atoms with van der Waals surface area (Å²) in [6.07, 6.45) is 7.98. The minimum Gasteiger partial charge on any atom is -0.378 e. The lowest BCUT2D eigenvalue weighted by Crippen LogP contribution is -2.40. The fourth-order valence-electron chi connectivity index (χ4n) is 6.19. The highest BCUT2D eigenvalue weighted by molar-refractivity contribution is 6.07. The number of benzene rings is 3. The van der Waals surface area contributed by atoms with Crippen molar-refractivity contribution < 1.29 is 18.9 Å². The molecule has 0 spiro atoms. The second-order valence-corrected chi connectivity index (χ2v) is 11.7. The SMILES string of the molecule is CCC[n+]1ccn2cc(-c3ccc4c(c3)CCN4C(=O)c3ccc(C)cc3)nc(Nc3ccc(C(=O)N4CCOCC4)cc3)c21. The Hall–Kier alpha value is -5.02. The van der Waals surface area contributed by atoms with Crippen molar-refractivity contribution in [1.29, 1.82) is 0 Å². The predicted molar refractivity (Wildman–Crippen MR) is 174 cm³/mol. The lowest BCUT2D eigenvalue weighted by molar-refractivity contribution is -0.670. The predicted octanol–water partition coefficient (Wildman–Crippen LogP) is 5.43. The van der Waals surface area contributed by atoms with Crippen molar-refractivity contribution in [3.63, 3.8) is 0 Å². The van der Waals surface area contributed by atoms with Gasteiger partial charge in [0, 0.05) is 47.7 Å². The van der Waals surface area contributed by atoms with Gasteiger partial charge in [-0.1, -0.05) is 30.7 Å². The van der Waals surface area contributed by atoms with Gasteiger partial charge in [-0.3, -0.25) is 9.59 Å². The maximum absolute atomic E-state index is 13.3. The van der Waals surface area contributed by atoms with E-state index in [0.29, 0.717) is 44.0 Å². The minimum absolute atomic E-state index is 0.0236. The van der Waals surface area contributed by atoms with Crippen molar-refractivity contribution in [1.82, 2.24) is 14.3 Å².